The van der Waals surface area contributed by atoms with Crippen molar-refractivity contribution in [2.24, 2.45) is 5.73 Å². The minimum absolute atomic E-state index is 0.0160. The molecule has 3 aromatic rings. The van der Waals surface area contributed by atoms with E-state index in [0.29, 0.717) is 23.3 Å². The van der Waals surface area contributed by atoms with Gasteiger partial charge in [0.15, 0.2) is 0 Å². The molecule has 0 aliphatic heterocycles. The number of hydrogen-bond acceptors (Lipinski definition) is 7. The molecule has 1 atom stereocenters. The maximum absolute atomic E-state index is 12.5. The fraction of sp³-hybridized carbons (Fsp3) is 0.235. The number of carboxylic acids is 1. The highest BCUT2D eigenvalue weighted by molar-refractivity contribution is 5.67. The molecule has 0 amide bonds. The van der Waals surface area contributed by atoms with E-state index in [9.17, 15) is 18.0 Å². The first kappa shape index (κ1) is 20.2. The number of nitrogens with zero attached hydrogens (tertiary/aromatic N) is 5. The minimum Gasteiger partial charge on any atom is -0.481 e. The Morgan fingerprint density at radius 2 is 1.93 bits per heavy atom. The van der Waals surface area contributed by atoms with Gasteiger partial charge in [-0.1, -0.05) is 0 Å². The highest BCUT2D eigenvalue weighted by Gasteiger charge is 2.30. The van der Waals surface area contributed by atoms with Crippen LogP contribution < -0.4 is 10.5 Å². The Bertz CT molecular complexity index is 973. The van der Waals surface area contributed by atoms with Crippen molar-refractivity contribution in [3.8, 4) is 23.0 Å². The second kappa shape index (κ2) is 8.22. The number of nitrogens with two attached hydrogens (primary N) is 1. The summed E-state index contributed by atoms with van der Waals surface area (Å²) < 4.78 is 43.1. The van der Waals surface area contributed by atoms with Crippen molar-refractivity contribution < 1.29 is 27.8 Å². The van der Waals surface area contributed by atoms with Crippen LogP contribution in [0.2, 0.25) is 0 Å². The van der Waals surface area contributed by atoms with E-state index in [4.69, 9.17) is 15.6 Å². The Balaban J connectivity index is 1.64. The third-order valence-corrected chi connectivity index (χ3v) is 3.69. The van der Waals surface area contributed by atoms with Crippen LogP contribution in [0.15, 0.2) is 42.6 Å². The smallest absolute Gasteiger partial charge is 0.417 e. The largest absolute Gasteiger partial charge is 0.481 e. The summed E-state index contributed by atoms with van der Waals surface area (Å²) >= 11 is 0. The second-order valence-corrected chi connectivity index (χ2v) is 6.04. The maximum Gasteiger partial charge on any atom is 0.417 e. The topological polar surface area (TPSA) is 129 Å². The number of carbonyl (C=O) groups is 1. The SMILES string of the molecule is NC(CC(=O)O)Cn1nnc(-c2ccc(Oc3ccc(C(F)(F)F)cn3)cc2)n1. The summed E-state index contributed by atoms with van der Waals surface area (Å²) in [4.78, 5) is 15.5. The molecule has 0 radical (unpaired) electrons. The molecule has 0 spiro atoms. The molecule has 9 nitrogen and oxygen atoms in total. The molecule has 2 aromatic heterocycles. The Morgan fingerprint density at radius 1 is 1.21 bits per heavy atom. The fourth-order valence-electron chi connectivity index (χ4n) is 2.34. The van der Waals surface area contributed by atoms with Gasteiger partial charge in [0, 0.05) is 23.9 Å². The summed E-state index contributed by atoms with van der Waals surface area (Å²) in [6.07, 6.45) is -3.99. The third kappa shape index (κ3) is 5.48. The number of ether oxygens (including phenoxy) is 1. The van der Waals surface area contributed by atoms with Crippen LogP contribution in [-0.4, -0.2) is 42.3 Å². The monoisotopic (exact) mass is 408 g/mol. The summed E-state index contributed by atoms with van der Waals surface area (Å²) in [5.41, 5.74) is 5.43. The molecule has 3 rings (SSSR count). The van der Waals surface area contributed by atoms with Gasteiger partial charge in [0.1, 0.15) is 5.75 Å². The van der Waals surface area contributed by atoms with E-state index in [1.165, 1.54) is 4.80 Å². The lowest BCUT2D eigenvalue weighted by Gasteiger charge is -2.08. The van der Waals surface area contributed by atoms with E-state index in [1.54, 1.807) is 24.3 Å². The first-order valence-corrected chi connectivity index (χ1v) is 8.27. The lowest BCUT2D eigenvalue weighted by Crippen LogP contribution is -2.30. The first-order chi connectivity index (χ1) is 13.7. The predicted molar refractivity (Wildman–Crippen MR) is 92.8 cm³/mol. The molecule has 0 saturated carbocycles. The molecule has 0 aliphatic rings. The minimum atomic E-state index is -4.46. The molecule has 2 heterocycles. The summed E-state index contributed by atoms with van der Waals surface area (Å²) in [7, 11) is 0. The fourth-order valence-corrected chi connectivity index (χ4v) is 2.34. The van der Waals surface area contributed by atoms with Crippen LogP contribution >= 0.6 is 0 Å². The maximum atomic E-state index is 12.5. The van der Waals surface area contributed by atoms with Crippen LogP contribution in [0.4, 0.5) is 13.2 Å². The standard InChI is InChI=1S/C17H15F3N6O3/c18-17(19,20)11-3-6-14(22-8-11)29-13-4-1-10(2-5-13)16-23-25-26(24-16)9-12(21)7-15(27)28/h1-6,8,12H,7,9,21H2,(H,27,28). The van der Waals surface area contributed by atoms with E-state index in [-0.39, 0.29) is 18.8 Å². The van der Waals surface area contributed by atoms with E-state index >= 15 is 0 Å². The number of carboxylic acid groups (broad SMARTS) is 1. The van der Waals surface area contributed by atoms with Gasteiger partial charge < -0.3 is 15.6 Å². The van der Waals surface area contributed by atoms with Crippen LogP contribution in [0, 0.1) is 0 Å². The second-order valence-electron chi connectivity index (χ2n) is 6.04. The number of rotatable bonds is 7. The van der Waals surface area contributed by atoms with Gasteiger partial charge in [0.25, 0.3) is 0 Å². The van der Waals surface area contributed by atoms with Crippen molar-refractivity contribution in [2.45, 2.75) is 25.2 Å². The quantitative estimate of drug-likeness (QED) is 0.610. The van der Waals surface area contributed by atoms with E-state index in [0.717, 1.165) is 12.1 Å². The number of alkyl halides is 3. The van der Waals surface area contributed by atoms with Crippen molar-refractivity contribution >= 4 is 5.97 Å². The van der Waals surface area contributed by atoms with Gasteiger partial charge in [0.2, 0.25) is 11.7 Å². The zero-order chi connectivity index (χ0) is 21.0. The highest BCUT2D eigenvalue weighted by atomic mass is 19.4. The van der Waals surface area contributed by atoms with Crippen LogP contribution in [-0.2, 0) is 17.5 Å². The molecule has 3 N–H and O–H groups in total. The Hall–Kier alpha value is -3.54. The van der Waals surface area contributed by atoms with Gasteiger partial charge in [-0.25, -0.2) is 4.98 Å². The number of pyridine rings is 1. The normalized spacial score (nSPS) is 12.6. The Morgan fingerprint density at radius 3 is 2.52 bits per heavy atom. The summed E-state index contributed by atoms with van der Waals surface area (Å²) in [6.45, 7) is 0.0973. The van der Waals surface area contributed by atoms with Crippen molar-refractivity contribution in [1.82, 2.24) is 25.2 Å². The first-order valence-electron chi connectivity index (χ1n) is 8.27. The van der Waals surface area contributed by atoms with Gasteiger partial charge in [-0.15, -0.1) is 10.2 Å². The molecule has 0 aliphatic carbocycles. The summed E-state index contributed by atoms with van der Waals surface area (Å²) in [5, 5.41) is 20.6. The van der Waals surface area contributed by atoms with E-state index in [2.05, 4.69) is 20.4 Å². The zero-order valence-electron chi connectivity index (χ0n) is 14.7. The molecule has 152 valence electrons. The summed E-state index contributed by atoms with van der Waals surface area (Å²) in [5.74, 6) is -0.346. The lowest BCUT2D eigenvalue weighted by molar-refractivity contribution is -0.138. The number of aliphatic carboxylic acids is 1. The molecule has 0 saturated heterocycles. The van der Waals surface area contributed by atoms with Gasteiger partial charge in [-0.2, -0.15) is 18.0 Å². The van der Waals surface area contributed by atoms with Crippen LogP contribution in [0.3, 0.4) is 0 Å². The summed E-state index contributed by atoms with van der Waals surface area (Å²) in [6, 6.07) is 7.78. The molecule has 0 fully saturated rings. The van der Waals surface area contributed by atoms with Gasteiger partial charge in [0.05, 0.1) is 18.5 Å². The third-order valence-electron chi connectivity index (χ3n) is 3.69. The molecular weight excluding hydrogens is 393 g/mol. The average molecular weight is 408 g/mol. The highest BCUT2D eigenvalue weighted by Crippen LogP contribution is 2.30. The molecular formula is C17H15F3N6O3. The Labute approximate surface area is 161 Å². The average Bonchev–Trinajstić information content (AvgIpc) is 3.09. The molecule has 12 heteroatoms. The van der Waals surface area contributed by atoms with E-state index < -0.39 is 23.8 Å². The number of aromatic nitrogens is 5. The molecule has 1 aromatic carbocycles. The van der Waals surface area contributed by atoms with Crippen LogP contribution in [0.25, 0.3) is 11.4 Å². The Kier molecular flexibility index (Phi) is 5.73. The van der Waals surface area contributed by atoms with Gasteiger partial charge >= 0.3 is 12.1 Å². The van der Waals surface area contributed by atoms with Crippen molar-refractivity contribution in [2.75, 3.05) is 0 Å². The predicted octanol–water partition coefficient (Wildman–Crippen LogP) is 2.35. The van der Waals surface area contributed by atoms with E-state index in [1.807, 2.05) is 0 Å². The van der Waals surface area contributed by atoms with Crippen molar-refractivity contribution in [3.05, 3.63) is 48.2 Å². The molecule has 0 bridgehead atoms. The number of tetrazole rings is 1. The number of benzene rings is 1. The van der Waals surface area contributed by atoms with Crippen LogP contribution in [0.1, 0.15) is 12.0 Å². The van der Waals surface area contributed by atoms with Crippen molar-refractivity contribution in [3.63, 3.8) is 0 Å². The van der Waals surface area contributed by atoms with Gasteiger partial charge in [-0.05, 0) is 35.5 Å². The zero-order valence-corrected chi connectivity index (χ0v) is 14.7. The number of hydrogen-bond donors (Lipinski definition) is 2. The van der Waals surface area contributed by atoms with Crippen molar-refractivity contribution in [1.29, 1.82) is 0 Å². The molecule has 29 heavy (non-hydrogen) atoms. The van der Waals surface area contributed by atoms with Crippen LogP contribution in [0.5, 0.6) is 11.6 Å². The molecule has 1 unspecified atom stereocenters. The van der Waals surface area contributed by atoms with Gasteiger partial charge in [-0.3, -0.25) is 4.79 Å². The number of halogens is 3. The lowest BCUT2D eigenvalue weighted by atomic mass is 10.2.